The summed E-state index contributed by atoms with van der Waals surface area (Å²) >= 11 is 0. The average molecular weight is 339 g/mol. The van der Waals surface area contributed by atoms with E-state index in [0.29, 0.717) is 6.61 Å². The first-order chi connectivity index (χ1) is 12.8. The number of hydrogen-bond donors (Lipinski definition) is 1. The molecule has 3 aromatic carbocycles. The van der Waals surface area contributed by atoms with Gasteiger partial charge in [-0.15, -0.1) is 0 Å². The summed E-state index contributed by atoms with van der Waals surface area (Å²) in [7, 11) is 0. The van der Waals surface area contributed by atoms with Crippen LogP contribution in [-0.4, -0.2) is 6.61 Å². The topological polar surface area (TPSA) is 21.3 Å². The second-order valence-electron chi connectivity index (χ2n) is 6.31. The number of anilines is 2. The fourth-order valence-corrected chi connectivity index (χ4v) is 3.16. The first-order valence-electron chi connectivity index (χ1n) is 8.85. The molecule has 1 N–H and O–H groups in total. The van der Waals surface area contributed by atoms with Crippen molar-refractivity contribution >= 4 is 16.9 Å². The molecule has 0 radical (unpaired) electrons. The molecule has 4 rings (SSSR count). The van der Waals surface area contributed by atoms with Gasteiger partial charge in [0.15, 0.2) is 0 Å². The van der Waals surface area contributed by atoms with Gasteiger partial charge in [-0.1, -0.05) is 67.3 Å². The largest absolute Gasteiger partial charge is 0.493 e. The molecule has 0 unspecified atom stereocenters. The predicted octanol–water partition coefficient (Wildman–Crippen LogP) is 6.45. The third kappa shape index (κ3) is 3.40. The van der Waals surface area contributed by atoms with E-state index in [4.69, 9.17) is 4.74 Å². The summed E-state index contributed by atoms with van der Waals surface area (Å²) in [6, 6.07) is 24.9. The Morgan fingerprint density at radius 1 is 0.808 bits per heavy atom. The molecule has 1 heterocycles. The van der Waals surface area contributed by atoms with Crippen molar-refractivity contribution < 1.29 is 4.74 Å². The molecule has 1 aliphatic heterocycles. The molecule has 2 nitrogen and oxygen atoms in total. The van der Waals surface area contributed by atoms with E-state index in [-0.39, 0.29) is 0 Å². The second-order valence-corrected chi connectivity index (χ2v) is 6.31. The van der Waals surface area contributed by atoms with E-state index in [0.717, 1.165) is 34.7 Å². The normalized spacial score (nSPS) is 14.5. The highest BCUT2D eigenvalue weighted by atomic mass is 16.5. The number of nitrogens with one attached hydrogen (secondary N) is 1. The fraction of sp³-hybridized carbons (Fsp3) is 0.0833. The zero-order valence-corrected chi connectivity index (χ0v) is 14.6. The summed E-state index contributed by atoms with van der Waals surface area (Å²) in [5.74, 6) is 0.880. The van der Waals surface area contributed by atoms with Crippen molar-refractivity contribution in [2.45, 2.75) is 6.42 Å². The number of hydrogen-bond acceptors (Lipinski definition) is 2. The van der Waals surface area contributed by atoms with Crippen LogP contribution in [0.25, 0.3) is 16.7 Å². The summed E-state index contributed by atoms with van der Waals surface area (Å²) in [6.07, 6.45) is 5.08. The van der Waals surface area contributed by atoms with E-state index < -0.39 is 0 Å². The molecule has 0 spiro atoms. The van der Waals surface area contributed by atoms with Crippen LogP contribution in [0.3, 0.4) is 0 Å². The van der Waals surface area contributed by atoms with Crippen LogP contribution in [0, 0.1) is 0 Å². The highest BCUT2D eigenvalue weighted by Crippen LogP contribution is 2.36. The lowest BCUT2D eigenvalue weighted by Gasteiger charge is -2.19. The Morgan fingerprint density at radius 2 is 1.58 bits per heavy atom. The number of fused-ring (bicyclic) bond motifs is 1. The molecule has 0 fully saturated rings. The monoisotopic (exact) mass is 339 g/mol. The summed E-state index contributed by atoms with van der Waals surface area (Å²) in [5.41, 5.74) is 6.45. The quantitative estimate of drug-likeness (QED) is 0.592. The van der Waals surface area contributed by atoms with Crippen LogP contribution < -0.4 is 10.1 Å². The lowest BCUT2D eigenvalue weighted by molar-refractivity contribution is 0.323. The zero-order chi connectivity index (χ0) is 17.8. The summed E-state index contributed by atoms with van der Waals surface area (Å²) in [4.78, 5) is 0. The van der Waals surface area contributed by atoms with Gasteiger partial charge >= 0.3 is 0 Å². The Kier molecular flexibility index (Phi) is 4.57. The van der Waals surface area contributed by atoms with Gasteiger partial charge in [-0.05, 0) is 47.4 Å². The highest BCUT2D eigenvalue weighted by molar-refractivity contribution is 5.86. The predicted molar refractivity (Wildman–Crippen MR) is 110 cm³/mol. The van der Waals surface area contributed by atoms with Crippen molar-refractivity contribution in [3.05, 3.63) is 97.1 Å². The van der Waals surface area contributed by atoms with Crippen LogP contribution in [-0.2, 0) is 0 Å². The SMILES string of the molecule is C=C1/C=C\CCOc2cccc(Nc3ccc(-c4ccccc4)cc3)c21. The van der Waals surface area contributed by atoms with Crippen molar-refractivity contribution in [1.82, 2.24) is 0 Å². The molecule has 3 aromatic rings. The van der Waals surface area contributed by atoms with Crippen LogP contribution in [0.1, 0.15) is 12.0 Å². The number of rotatable bonds is 3. The molecule has 2 heteroatoms. The molecule has 26 heavy (non-hydrogen) atoms. The lowest BCUT2D eigenvalue weighted by atomic mass is 10.0. The van der Waals surface area contributed by atoms with Gasteiger partial charge in [0.1, 0.15) is 5.75 Å². The molecular formula is C24H21NO. The van der Waals surface area contributed by atoms with Crippen molar-refractivity contribution in [2.75, 3.05) is 11.9 Å². The van der Waals surface area contributed by atoms with E-state index in [9.17, 15) is 0 Å². The molecule has 128 valence electrons. The lowest BCUT2D eigenvalue weighted by Crippen LogP contribution is -2.03. The molecule has 1 aliphatic rings. The number of allylic oxidation sites excluding steroid dienone is 2. The molecule has 0 atom stereocenters. The van der Waals surface area contributed by atoms with E-state index in [2.05, 4.69) is 78.6 Å². The second kappa shape index (κ2) is 7.32. The Morgan fingerprint density at radius 3 is 2.38 bits per heavy atom. The Labute approximate surface area is 154 Å². The molecular weight excluding hydrogens is 318 g/mol. The van der Waals surface area contributed by atoms with Gasteiger partial charge in [0.05, 0.1) is 12.3 Å². The number of benzene rings is 3. The Balaban J connectivity index is 1.63. The van der Waals surface area contributed by atoms with Gasteiger partial charge in [-0.2, -0.15) is 0 Å². The maximum atomic E-state index is 5.90. The van der Waals surface area contributed by atoms with E-state index >= 15 is 0 Å². The van der Waals surface area contributed by atoms with Crippen LogP contribution >= 0.6 is 0 Å². The maximum absolute atomic E-state index is 5.90. The van der Waals surface area contributed by atoms with Crippen LogP contribution in [0.5, 0.6) is 5.75 Å². The summed E-state index contributed by atoms with van der Waals surface area (Å²) in [5, 5.41) is 3.51. The van der Waals surface area contributed by atoms with Crippen LogP contribution in [0.2, 0.25) is 0 Å². The molecule has 0 saturated heterocycles. The highest BCUT2D eigenvalue weighted by Gasteiger charge is 2.13. The van der Waals surface area contributed by atoms with Gasteiger partial charge < -0.3 is 10.1 Å². The minimum Gasteiger partial charge on any atom is -0.493 e. The number of ether oxygens (including phenoxy) is 1. The maximum Gasteiger partial charge on any atom is 0.129 e. The van der Waals surface area contributed by atoms with Gasteiger partial charge in [-0.3, -0.25) is 0 Å². The Bertz CT molecular complexity index is 940. The van der Waals surface area contributed by atoms with Gasteiger partial charge in [0.2, 0.25) is 0 Å². The van der Waals surface area contributed by atoms with Gasteiger partial charge in [-0.25, -0.2) is 0 Å². The minimum atomic E-state index is 0.687. The van der Waals surface area contributed by atoms with Crippen molar-refractivity contribution in [3.63, 3.8) is 0 Å². The molecule has 0 bridgehead atoms. The third-order valence-electron chi connectivity index (χ3n) is 4.48. The van der Waals surface area contributed by atoms with Crippen molar-refractivity contribution in [1.29, 1.82) is 0 Å². The van der Waals surface area contributed by atoms with Crippen LogP contribution in [0.4, 0.5) is 11.4 Å². The van der Waals surface area contributed by atoms with E-state index in [1.165, 1.54) is 11.1 Å². The molecule has 0 aliphatic carbocycles. The van der Waals surface area contributed by atoms with Crippen LogP contribution in [0.15, 0.2) is 91.5 Å². The van der Waals surface area contributed by atoms with E-state index in [1.54, 1.807) is 0 Å². The Hall–Kier alpha value is -3.26. The van der Waals surface area contributed by atoms with Crippen molar-refractivity contribution in [3.8, 4) is 16.9 Å². The standard InChI is InChI=1S/C24H21NO/c1-18-8-5-6-17-26-23-12-7-11-22(24(18)23)25-21-15-13-20(14-16-21)19-9-3-2-4-10-19/h2-5,7-16,25H,1,6,17H2/b8-5-. The zero-order valence-electron chi connectivity index (χ0n) is 14.6. The molecule has 0 amide bonds. The smallest absolute Gasteiger partial charge is 0.129 e. The molecule has 0 aromatic heterocycles. The van der Waals surface area contributed by atoms with Crippen molar-refractivity contribution in [2.24, 2.45) is 0 Å². The first-order valence-corrected chi connectivity index (χ1v) is 8.85. The van der Waals surface area contributed by atoms with E-state index in [1.807, 2.05) is 18.2 Å². The van der Waals surface area contributed by atoms with Gasteiger partial charge in [0.25, 0.3) is 0 Å². The fourth-order valence-electron chi connectivity index (χ4n) is 3.16. The summed E-state index contributed by atoms with van der Waals surface area (Å²) in [6.45, 7) is 4.89. The molecule has 0 saturated carbocycles. The average Bonchev–Trinajstić information content (AvgIpc) is 2.67. The van der Waals surface area contributed by atoms with Gasteiger partial charge in [0, 0.05) is 11.3 Å². The first kappa shape index (κ1) is 16.2. The third-order valence-corrected chi connectivity index (χ3v) is 4.48. The summed E-state index contributed by atoms with van der Waals surface area (Å²) < 4.78 is 5.90. The minimum absolute atomic E-state index is 0.687.